The second-order valence-corrected chi connectivity index (χ2v) is 5.93. The van der Waals surface area contributed by atoms with Crippen molar-refractivity contribution in [2.24, 2.45) is 7.05 Å². The molecule has 7 heteroatoms. The Bertz CT molecular complexity index is 777. The summed E-state index contributed by atoms with van der Waals surface area (Å²) >= 11 is 0. The minimum absolute atomic E-state index is 0.0756. The summed E-state index contributed by atoms with van der Waals surface area (Å²) in [6.07, 6.45) is 3.31. The van der Waals surface area contributed by atoms with E-state index in [0.717, 1.165) is 24.3 Å². The summed E-state index contributed by atoms with van der Waals surface area (Å²) in [5.41, 5.74) is 1.01. The summed E-state index contributed by atoms with van der Waals surface area (Å²) in [7, 11) is 1.54. The zero-order valence-corrected chi connectivity index (χ0v) is 13.8. The van der Waals surface area contributed by atoms with Crippen molar-refractivity contribution in [1.29, 1.82) is 0 Å². The minimum atomic E-state index is -0.231. The lowest BCUT2D eigenvalue weighted by Crippen LogP contribution is -2.42. The van der Waals surface area contributed by atoms with E-state index in [1.54, 1.807) is 11.1 Å². The van der Waals surface area contributed by atoms with Gasteiger partial charge in [-0.05, 0) is 25.1 Å². The van der Waals surface area contributed by atoms with Crippen LogP contribution in [-0.2, 0) is 7.05 Å². The summed E-state index contributed by atoms with van der Waals surface area (Å²) in [5, 5.41) is 4.02. The van der Waals surface area contributed by atoms with Crippen LogP contribution in [0.25, 0.3) is 0 Å². The maximum Gasteiger partial charge on any atom is 0.274 e. The fraction of sp³-hybridized carbons (Fsp3) is 0.412. The quantitative estimate of drug-likeness (QED) is 0.845. The van der Waals surface area contributed by atoms with Crippen molar-refractivity contribution in [1.82, 2.24) is 19.7 Å². The lowest BCUT2D eigenvalue weighted by atomic mass is 10.1. The Morgan fingerprint density at radius 1 is 1.21 bits per heavy atom. The van der Waals surface area contributed by atoms with Gasteiger partial charge in [0, 0.05) is 44.7 Å². The zero-order chi connectivity index (χ0) is 17.1. The second kappa shape index (κ2) is 6.82. The highest BCUT2D eigenvalue weighted by Gasteiger charge is 2.25. The van der Waals surface area contributed by atoms with E-state index in [1.807, 2.05) is 19.1 Å². The number of aromatic nitrogens is 3. The second-order valence-electron chi connectivity index (χ2n) is 5.93. The molecule has 24 heavy (non-hydrogen) atoms. The molecule has 0 saturated carbocycles. The minimum Gasteiger partial charge on any atom is -0.489 e. The Morgan fingerprint density at radius 3 is 2.58 bits per heavy atom. The lowest BCUT2D eigenvalue weighted by Gasteiger charge is -2.31. The van der Waals surface area contributed by atoms with Gasteiger partial charge in [0.15, 0.2) is 0 Å². The number of hydrogen-bond acceptors (Lipinski definition) is 5. The molecule has 0 spiro atoms. The third-order valence-corrected chi connectivity index (χ3v) is 4.10. The van der Waals surface area contributed by atoms with Crippen LogP contribution in [0, 0.1) is 6.92 Å². The molecule has 0 bridgehead atoms. The van der Waals surface area contributed by atoms with E-state index >= 15 is 0 Å². The van der Waals surface area contributed by atoms with Gasteiger partial charge in [0.2, 0.25) is 0 Å². The van der Waals surface area contributed by atoms with Crippen LogP contribution in [0.1, 0.15) is 29.0 Å². The third kappa shape index (κ3) is 3.61. The van der Waals surface area contributed by atoms with Crippen LogP contribution < -0.4 is 10.3 Å². The van der Waals surface area contributed by atoms with Gasteiger partial charge in [-0.3, -0.25) is 14.6 Å². The maximum absolute atomic E-state index is 12.5. The molecule has 1 aliphatic heterocycles. The van der Waals surface area contributed by atoms with E-state index in [4.69, 9.17) is 4.74 Å². The number of carbonyl (C=O) groups is 1. The summed E-state index contributed by atoms with van der Waals surface area (Å²) < 4.78 is 7.09. The van der Waals surface area contributed by atoms with Crippen LogP contribution >= 0.6 is 0 Å². The van der Waals surface area contributed by atoms with Gasteiger partial charge in [0.1, 0.15) is 17.5 Å². The van der Waals surface area contributed by atoms with E-state index in [9.17, 15) is 9.59 Å². The van der Waals surface area contributed by atoms with Gasteiger partial charge in [-0.15, -0.1) is 0 Å². The number of rotatable bonds is 3. The van der Waals surface area contributed by atoms with Crippen LogP contribution in [0.2, 0.25) is 0 Å². The van der Waals surface area contributed by atoms with Crippen LogP contribution in [0.4, 0.5) is 0 Å². The number of piperidine rings is 1. The number of carbonyl (C=O) groups excluding carboxylic acids is 1. The normalized spacial score (nSPS) is 15.3. The van der Waals surface area contributed by atoms with Crippen molar-refractivity contribution in [3.8, 4) is 5.75 Å². The van der Waals surface area contributed by atoms with Crippen LogP contribution in [-0.4, -0.2) is 44.8 Å². The molecule has 1 fully saturated rings. The number of nitrogens with zero attached hydrogens (tertiary/aromatic N) is 4. The molecule has 0 unspecified atom stereocenters. The van der Waals surface area contributed by atoms with Crippen molar-refractivity contribution >= 4 is 5.91 Å². The highest BCUT2D eigenvalue weighted by atomic mass is 16.5. The molecule has 3 heterocycles. The van der Waals surface area contributed by atoms with Crippen molar-refractivity contribution in [3.63, 3.8) is 0 Å². The van der Waals surface area contributed by atoms with Gasteiger partial charge in [-0.25, -0.2) is 4.68 Å². The van der Waals surface area contributed by atoms with Gasteiger partial charge in [-0.2, -0.15) is 5.10 Å². The fourth-order valence-corrected chi connectivity index (χ4v) is 2.67. The molecular formula is C17H20N4O3. The first-order chi connectivity index (χ1) is 11.5. The van der Waals surface area contributed by atoms with Gasteiger partial charge >= 0.3 is 0 Å². The molecule has 2 aromatic rings. The third-order valence-electron chi connectivity index (χ3n) is 4.10. The number of amides is 1. The zero-order valence-electron chi connectivity index (χ0n) is 13.8. The SMILES string of the molecule is Cc1ccc(OC2CCN(C(=O)c3ccc(=O)n(C)n3)CC2)cn1. The average molecular weight is 328 g/mol. The van der Waals surface area contributed by atoms with Gasteiger partial charge in [0.05, 0.1) is 6.20 Å². The molecule has 3 rings (SSSR count). The van der Waals surface area contributed by atoms with Gasteiger partial charge < -0.3 is 9.64 Å². The molecule has 1 aliphatic rings. The van der Waals surface area contributed by atoms with E-state index in [1.165, 1.54) is 23.9 Å². The molecule has 0 N–H and O–H groups in total. The van der Waals surface area contributed by atoms with Crippen LogP contribution in [0.3, 0.4) is 0 Å². The number of likely N-dealkylation sites (tertiary alicyclic amines) is 1. The van der Waals surface area contributed by atoms with Crippen molar-refractivity contribution in [3.05, 3.63) is 52.2 Å². The average Bonchev–Trinajstić information content (AvgIpc) is 2.59. The summed E-state index contributed by atoms with van der Waals surface area (Å²) in [6.45, 7) is 3.14. The fourth-order valence-electron chi connectivity index (χ4n) is 2.67. The molecule has 2 aromatic heterocycles. The molecular weight excluding hydrogens is 308 g/mol. The topological polar surface area (TPSA) is 77.3 Å². The predicted octanol–water partition coefficient (Wildman–Crippen LogP) is 1.17. The van der Waals surface area contributed by atoms with Crippen LogP contribution in [0.5, 0.6) is 5.75 Å². The highest BCUT2D eigenvalue weighted by molar-refractivity contribution is 5.92. The maximum atomic E-state index is 12.5. The number of pyridine rings is 1. The number of aryl methyl sites for hydroxylation is 2. The molecule has 1 saturated heterocycles. The Labute approximate surface area is 139 Å². The molecule has 126 valence electrons. The van der Waals surface area contributed by atoms with E-state index in [0.29, 0.717) is 18.8 Å². The van der Waals surface area contributed by atoms with Crippen molar-refractivity contribution < 1.29 is 9.53 Å². The van der Waals surface area contributed by atoms with E-state index in [2.05, 4.69) is 10.1 Å². The summed E-state index contributed by atoms with van der Waals surface area (Å²) in [6, 6.07) is 6.67. The summed E-state index contributed by atoms with van der Waals surface area (Å²) in [4.78, 5) is 29.8. The molecule has 0 aromatic carbocycles. The first-order valence-corrected chi connectivity index (χ1v) is 7.96. The van der Waals surface area contributed by atoms with Crippen molar-refractivity contribution in [2.45, 2.75) is 25.9 Å². The monoisotopic (exact) mass is 328 g/mol. The first kappa shape index (κ1) is 16.2. The van der Waals surface area contributed by atoms with Gasteiger partial charge in [-0.1, -0.05) is 0 Å². The smallest absolute Gasteiger partial charge is 0.274 e. The predicted molar refractivity (Wildman–Crippen MR) is 88.0 cm³/mol. The Morgan fingerprint density at radius 2 is 1.96 bits per heavy atom. The Hall–Kier alpha value is -2.70. The molecule has 0 radical (unpaired) electrons. The summed E-state index contributed by atoms with van der Waals surface area (Å²) in [5.74, 6) is 0.603. The Balaban J connectivity index is 1.58. The first-order valence-electron chi connectivity index (χ1n) is 7.96. The van der Waals surface area contributed by atoms with Crippen molar-refractivity contribution in [2.75, 3.05) is 13.1 Å². The molecule has 0 aliphatic carbocycles. The number of ether oxygens (including phenoxy) is 1. The van der Waals surface area contributed by atoms with E-state index < -0.39 is 0 Å². The highest BCUT2D eigenvalue weighted by Crippen LogP contribution is 2.19. The molecule has 0 atom stereocenters. The Kier molecular flexibility index (Phi) is 4.59. The van der Waals surface area contributed by atoms with E-state index in [-0.39, 0.29) is 17.6 Å². The standard InChI is InChI=1S/C17H20N4O3/c1-12-3-4-14(11-18-12)24-13-7-9-21(10-8-13)17(23)15-5-6-16(22)20(2)19-15/h3-6,11,13H,7-10H2,1-2H3. The van der Waals surface area contributed by atoms with Gasteiger partial charge in [0.25, 0.3) is 11.5 Å². The molecule has 1 amide bonds. The molecule has 7 nitrogen and oxygen atoms in total. The van der Waals surface area contributed by atoms with Crippen LogP contribution in [0.15, 0.2) is 35.3 Å². The largest absolute Gasteiger partial charge is 0.489 e. The lowest BCUT2D eigenvalue weighted by molar-refractivity contribution is 0.0587. The number of hydrogen-bond donors (Lipinski definition) is 0.